The maximum absolute atomic E-state index is 12.4. The van der Waals surface area contributed by atoms with Crippen LogP contribution in [0.25, 0.3) is 0 Å². The molecule has 198 valence electrons. The van der Waals surface area contributed by atoms with Crippen molar-refractivity contribution in [1.82, 2.24) is 0 Å². The molecule has 0 aromatic rings. The molecule has 3 aliphatic carbocycles. The molecule has 0 N–H and O–H groups in total. The Morgan fingerprint density at radius 3 is 2.39 bits per heavy atom. The number of carbonyl (C=O) groups is 2. The third-order valence-corrected chi connectivity index (χ3v) is 12.2. The first-order valence-corrected chi connectivity index (χ1v) is 14.1. The molecule has 0 amide bonds. The molecular formula is C29H40O7. The van der Waals surface area contributed by atoms with Gasteiger partial charge in [-0.15, -0.1) is 0 Å². The average molecular weight is 501 g/mol. The van der Waals surface area contributed by atoms with Crippen LogP contribution in [0, 0.1) is 34.5 Å². The SMILES string of the molecule is C[C@H]1C[C@]2(CC[C@H]3[C@@H](C[C@@]4(C)[C@@H]5CC[C@H]6C(C)(C)OC(=O)C=C[C@]67C[C@@]5(CC[C@]34C)OO7)O2)OC1=O. The van der Waals surface area contributed by atoms with Crippen LogP contribution in [0.15, 0.2) is 12.2 Å². The van der Waals surface area contributed by atoms with Gasteiger partial charge < -0.3 is 14.2 Å². The second-order valence-electron chi connectivity index (χ2n) is 14.2. The van der Waals surface area contributed by atoms with E-state index in [0.29, 0.717) is 18.3 Å². The molecule has 3 saturated carbocycles. The first kappa shape index (κ1) is 23.7. The molecule has 7 nitrogen and oxygen atoms in total. The number of ether oxygens (including phenoxy) is 3. The Balaban J connectivity index is 1.24. The topological polar surface area (TPSA) is 80.3 Å². The molecule has 2 bridgehead atoms. The van der Waals surface area contributed by atoms with Gasteiger partial charge in [0.05, 0.1) is 12.0 Å². The fraction of sp³-hybridized carbons (Fsp3) is 0.862. The van der Waals surface area contributed by atoms with Gasteiger partial charge in [-0.2, -0.15) is 0 Å². The summed E-state index contributed by atoms with van der Waals surface area (Å²) in [5.41, 5.74) is -1.55. The van der Waals surface area contributed by atoms with E-state index in [1.54, 1.807) is 6.08 Å². The van der Waals surface area contributed by atoms with Crippen LogP contribution in [-0.2, 0) is 33.6 Å². The van der Waals surface area contributed by atoms with Crippen molar-refractivity contribution in [3.05, 3.63) is 12.2 Å². The maximum atomic E-state index is 12.4. The normalized spacial score (nSPS) is 56.6. The summed E-state index contributed by atoms with van der Waals surface area (Å²) in [6, 6.07) is 0. The average Bonchev–Trinajstić information content (AvgIpc) is 3.29. The van der Waals surface area contributed by atoms with E-state index in [2.05, 4.69) is 13.8 Å². The third-order valence-electron chi connectivity index (χ3n) is 12.2. The largest absolute Gasteiger partial charge is 0.456 e. The zero-order chi connectivity index (χ0) is 25.4. The van der Waals surface area contributed by atoms with E-state index in [9.17, 15) is 9.59 Å². The lowest BCUT2D eigenvalue weighted by molar-refractivity contribution is -0.384. The lowest BCUT2D eigenvalue weighted by Gasteiger charge is -2.58. The summed E-state index contributed by atoms with van der Waals surface area (Å²) < 4.78 is 18.5. The number of rotatable bonds is 0. The molecule has 7 aliphatic rings. The summed E-state index contributed by atoms with van der Waals surface area (Å²) in [7, 11) is 0. The summed E-state index contributed by atoms with van der Waals surface area (Å²) in [6.45, 7) is 10.9. The van der Waals surface area contributed by atoms with Crippen LogP contribution in [-0.4, -0.2) is 40.6 Å². The second-order valence-corrected chi connectivity index (χ2v) is 14.2. The Bertz CT molecular complexity index is 1050. The van der Waals surface area contributed by atoms with E-state index in [1.807, 2.05) is 26.8 Å². The fourth-order valence-electron chi connectivity index (χ4n) is 10.4. The molecule has 0 radical (unpaired) electrons. The van der Waals surface area contributed by atoms with E-state index < -0.39 is 17.0 Å². The first-order valence-electron chi connectivity index (χ1n) is 14.1. The van der Waals surface area contributed by atoms with Gasteiger partial charge in [0.2, 0.25) is 5.79 Å². The quantitative estimate of drug-likeness (QED) is 0.341. The van der Waals surface area contributed by atoms with Crippen LogP contribution >= 0.6 is 0 Å². The first-order chi connectivity index (χ1) is 16.9. The lowest BCUT2D eigenvalue weighted by Crippen LogP contribution is -2.57. The van der Waals surface area contributed by atoms with Crippen molar-refractivity contribution in [2.75, 3.05) is 0 Å². The highest BCUT2D eigenvalue weighted by Crippen LogP contribution is 2.74. The highest BCUT2D eigenvalue weighted by atomic mass is 17.2. The molecule has 7 heteroatoms. The molecule has 36 heavy (non-hydrogen) atoms. The van der Waals surface area contributed by atoms with E-state index in [1.165, 1.54) is 0 Å². The molecular weight excluding hydrogens is 460 g/mol. The summed E-state index contributed by atoms with van der Waals surface area (Å²) >= 11 is 0. The van der Waals surface area contributed by atoms with Crippen LogP contribution in [0.3, 0.4) is 0 Å². The molecule has 3 spiro atoms. The van der Waals surface area contributed by atoms with Gasteiger partial charge in [0.25, 0.3) is 0 Å². The Morgan fingerprint density at radius 2 is 1.64 bits per heavy atom. The van der Waals surface area contributed by atoms with Gasteiger partial charge in [0.1, 0.15) is 16.8 Å². The highest BCUT2D eigenvalue weighted by Gasteiger charge is 2.74. The maximum Gasteiger partial charge on any atom is 0.331 e. The van der Waals surface area contributed by atoms with Crippen molar-refractivity contribution in [2.45, 2.75) is 121 Å². The minimum absolute atomic E-state index is 0.00330. The molecule has 0 unspecified atom stereocenters. The zero-order valence-electron chi connectivity index (χ0n) is 22.3. The predicted molar refractivity (Wildman–Crippen MR) is 128 cm³/mol. The van der Waals surface area contributed by atoms with Gasteiger partial charge in [-0.1, -0.05) is 20.8 Å². The molecule has 10 atom stereocenters. The van der Waals surface area contributed by atoms with Gasteiger partial charge in [0, 0.05) is 31.3 Å². The molecule has 4 aliphatic heterocycles. The summed E-state index contributed by atoms with van der Waals surface area (Å²) in [5, 5.41) is 0. The van der Waals surface area contributed by atoms with Crippen molar-refractivity contribution in [1.29, 1.82) is 0 Å². The zero-order valence-corrected chi connectivity index (χ0v) is 22.3. The van der Waals surface area contributed by atoms with Gasteiger partial charge in [-0.25, -0.2) is 14.6 Å². The van der Waals surface area contributed by atoms with Gasteiger partial charge in [-0.3, -0.25) is 4.79 Å². The van der Waals surface area contributed by atoms with E-state index in [-0.39, 0.29) is 46.3 Å². The Hall–Kier alpha value is -1.44. The minimum Gasteiger partial charge on any atom is -0.456 e. The monoisotopic (exact) mass is 500 g/mol. The van der Waals surface area contributed by atoms with Crippen LogP contribution in [0.5, 0.6) is 0 Å². The molecule has 6 fully saturated rings. The lowest BCUT2D eigenvalue weighted by atomic mass is 9.47. The van der Waals surface area contributed by atoms with Gasteiger partial charge in [-0.05, 0) is 81.1 Å². The minimum atomic E-state index is -0.734. The number of hydrogen-bond acceptors (Lipinski definition) is 7. The number of hydrogen-bond donors (Lipinski definition) is 0. The summed E-state index contributed by atoms with van der Waals surface area (Å²) in [6.07, 6.45) is 11.7. The van der Waals surface area contributed by atoms with Crippen molar-refractivity contribution >= 4 is 11.9 Å². The van der Waals surface area contributed by atoms with Gasteiger partial charge in [0.15, 0.2) is 0 Å². The number of cyclic esters (lactones) is 1. The van der Waals surface area contributed by atoms with E-state index >= 15 is 0 Å². The van der Waals surface area contributed by atoms with E-state index in [0.717, 1.165) is 51.4 Å². The molecule has 0 aromatic carbocycles. The number of fused-ring (bicyclic) bond motifs is 4. The Labute approximate surface area is 213 Å². The summed E-state index contributed by atoms with van der Waals surface area (Å²) in [4.78, 5) is 37.4. The van der Waals surface area contributed by atoms with Crippen LogP contribution in [0.2, 0.25) is 0 Å². The number of esters is 2. The summed E-state index contributed by atoms with van der Waals surface area (Å²) in [5.74, 6) is -0.482. The number of carbonyl (C=O) groups excluding carboxylic acids is 2. The molecule has 3 saturated heterocycles. The van der Waals surface area contributed by atoms with Crippen LogP contribution in [0.1, 0.15) is 92.4 Å². The standard InChI is InChI=1S/C29H40O7/c1-17-14-29(34-23(17)31)11-8-18-19(32-29)15-26(5)21-7-6-20-24(2,3)33-22(30)9-10-27(20)16-28(21,36-35-27)13-12-25(18,26)4/h9-10,17-21H,6-8,11-16H2,1-5H3/t17-,18-,19+,20-,21-,25+,26-,27-,28+,29-/m0/s1. The van der Waals surface area contributed by atoms with Crippen molar-refractivity contribution in [3.8, 4) is 0 Å². The Morgan fingerprint density at radius 1 is 0.861 bits per heavy atom. The highest BCUT2D eigenvalue weighted by molar-refractivity contribution is 5.83. The van der Waals surface area contributed by atoms with Gasteiger partial charge >= 0.3 is 11.9 Å². The van der Waals surface area contributed by atoms with Crippen molar-refractivity contribution in [3.63, 3.8) is 0 Å². The van der Waals surface area contributed by atoms with Crippen LogP contribution < -0.4 is 0 Å². The smallest absolute Gasteiger partial charge is 0.331 e. The fourth-order valence-corrected chi connectivity index (χ4v) is 10.4. The predicted octanol–water partition coefficient (Wildman–Crippen LogP) is 5.02. The molecule has 4 heterocycles. The Kier molecular flexibility index (Phi) is 4.57. The van der Waals surface area contributed by atoms with E-state index in [4.69, 9.17) is 24.0 Å². The second kappa shape index (κ2) is 6.95. The van der Waals surface area contributed by atoms with Crippen LogP contribution in [0.4, 0.5) is 0 Å². The van der Waals surface area contributed by atoms with Crippen molar-refractivity contribution in [2.24, 2.45) is 34.5 Å². The third kappa shape index (κ3) is 2.80. The molecule has 7 rings (SSSR count). The van der Waals surface area contributed by atoms with Crippen molar-refractivity contribution < 1.29 is 33.6 Å². The molecule has 0 aromatic heterocycles.